The predicted octanol–water partition coefficient (Wildman–Crippen LogP) is 1.49. The summed E-state index contributed by atoms with van der Waals surface area (Å²) in [6.07, 6.45) is 1.29. The Morgan fingerprint density at radius 3 is 2.40 bits per heavy atom. The summed E-state index contributed by atoms with van der Waals surface area (Å²) in [4.78, 5) is 10.4. The molecule has 0 N–H and O–H groups in total. The molecule has 1 aromatic carbocycles. The summed E-state index contributed by atoms with van der Waals surface area (Å²) in [5.41, 5.74) is 0.949. The van der Waals surface area contributed by atoms with Crippen LogP contribution < -0.4 is 4.74 Å². The number of carbonyl (C=O) groups is 1. The fourth-order valence-corrected chi connectivity index (χ4v) is 1.54. The molecule has 0 unspecified atom stereocenters. The molecule has 0 radical (unpaired) electrons. The molecule has 0 heterocycles. The van der Waals surface area contributed by atoms with E-state index in [9.17, 15) is 4.79 Å². The van der Waals surface area contributed by atoms with Gasteiger partial charge in [-0.2, -0.15) is 0 Å². The van der Waals surface area contributed by atoms with Gasteiger partial charge >= 0.3 is 0 Å². The molecule has 1 rings (SSSR count). The van der Waals surface area contributed by atoms with Crippen LogP contribution in [0.15, 0.2) is 24.3 Å². The molecule has 0 bridgehead atoms. The lowest BCUT2D eigenvalue weighted by molar-refractivity contribution is -0.107. The Balaban J connectivity index is 2.03. The number of benzene rings is 1. The summed E-state index contributed by atoms with van der Waals surface area (Å²) >= 11 is 0. The van der Waals surface area contributed by atoms with Crippen LogP contribution in [0.4, 0.5) is 0 Å². The lowest BCUT2D eigenvalue weighted by Crippen LogP contribution is -2.12. The van der Waals surface area contributed by atoms with Crippen LogP contribution in [0.3, 0.4) is 0 Å². The van der Waals surface area contributed by atoms with Gasteiger partial charge in [0, 0.05) is 13.5 Å². The maximum Gasteiger partial charge on any atom is 0.124 e. The molecule has 0 atom stereocenters. The molecule has 0 spiro atoms. The van der Waals surface area contributed by atoms with Crippen LogP contribution in [0, 0.1) is 0 Å². The maximum absolute atomic E-state index is 10.4. The lowest BCUT2D eigenvalue weighted by atomic mass is 10.2. The van der Waals surface area contributed by atoms with Gasteiger partial charge in [0.05, 0.1) is 33.0 Å². The van der Waals surface area contributed by atoms with Gasteiger partial charge in [0.25, 0.3) is 0 Å². The maximum atomic E-state index is 10.4. The number of carbonyl (C=O) groups excluding carboxylic acids is 1. The van der Waals surface area contributed by atoms with Crippen LogP contribution in [-0.4, -0.2) is 53.0 Å². The fourth-order valence-electron chi connectivity index (χ4n) is 1.54. The Kier molecular flexibility index (Phi) is 9.48. The van der Waals surface area contributed by atoms with E-state index in [0.717, 1.165) is 17.6 Å². The van der Waals surface area contributed by atoms with Crippen molar-refractivity contribution in [2.24, 2.45) is 0 Å². The van der Waals surface area contributed by atoms with E-state index < -0.39 is 0 Å². The monoisotopic (exact) mass is 282 g/mol. The second-order valence-electron chi connectivity index (χ2n) is 4.08. The van der Waals surface area contributed by atoms with E-state index >= 15 is 0 Å². The Labute approximate surface area is 119 Å². The molecule has 0 aliphatic heterocycles. The molecule has 0 aromatic heterocycles. The Morgan fingerprint density at radius 2 is 1.70 bits per heavy atom. The van der Waals surface area contributed by atoms with E-state index in [2.05, 4.69) is 0 Å². The van der Waals surface area contributed by atoms with Crippen LogP contribution in [0.5, 0.6) is 5.75 Å². The van der Waals surface area contributed by atoms with Gasteiger partial charge in [-0.3, -0.25) is 0 Å². The first kappa shape index (κ1) is 16.6. The van der Waals surface area contributed by atoms with Crippen molar-refractivity contribution in [3.63, 3.8) is 0 Å². The number of hydrogen-bond acceptors (Lipinski definition) is 5. The van der Waals surface area contributed by atoms with E-state index in [4.69, 9.17) is 18.9 Å². The number of rotatable bonds is 12. The van der Waals surface area contributed by atoms with Gasteiger partial charge in [-0.05, 0) is 17.7 Å². The van der Waals surface area contributed by atoms with Crippen molar-refractivity contribution in [3.8, 4) is 5.75 Å². The highest BCUT2D eigenvalue weighted by Crippen LogP contribution is 2.13. The van der Waals surface area contributed by atoms with E-state index in [-0.39, 0.29) is 0 Å². The van der Waals surface area contributed by atoms with Crippen molar-refractivity contribution >= 4 is 6.29 Å². The van der Waals surface area contributed by atoms with Gasteiger partial charge in [0.15, 0.2) is 0 Å². The van der Waals surface area contributed by atoms with Crippen molar-refractivity contribution in [1.29, 1.82) is 0 Å². The van der Waals surface area contributed by atoms with Crippen molar-refractivity contribution in [2.45, 2.75) is 6.42 Å². The second kappa shape index (κ2) is 11.4. The first-order valence-corrected chi connectivity index (χ1v) is 6.66. The van der Waals surface area contributed by atoms with Crippen molar-refractivity contribution in [3.05, 3.63) is 29.8 Å². The van der Waals surface area contributed by atoms with Gasteiger partial charge in [-0.25, -0.2) is 0 Å². The summed E-state index contributed by atoms with van der Waals surface area (Å²) < 4.78 is 21.0. The Morgan fingerprint density at radius 1 is 1.00 bits per heavy atom. The van der Waals surface area contributed by atoms with E-state index in [1.165, 1.54) is 0 Å². The average Bonchev–Trinajstić information content (AvgIpc) is 2.46. The van der Waals surface area contributed by atoms with Gasteiger partial charge in [-0.15, -0.1) is 0 Å². The number of ether oxygens (including phenoxy) is 4. The summed E-state index contributed by atoms with van der Waals surface area (Å²) in [5, 5.41) is 0. The molecule has 0 aliphatic carbocycles. The largest absolute Gasteiger partial charge is 0.491 e. The normalized spacial score (nSPS) is 10.4. The van der Waals surface area contributed by atoms with E-state index in [1.54, 1.807) is 7.11 Å². The van der Waals surface area contributed by atoms with Gasteiger partial charge < -0.3 is 23.7 Å². The second-order valence-corrected chi connectivity index (χ2v) is 4.08. The number of aldehydes is 1. The van der Waals surface area contributed by atoms with Crippen molar-refractivity contribution in [1.82, 2.24) is 0 Å². The number of hydrogen-bond donors (Lipinski definition) is 0. The average molecular weight is 282 g/mol. The van der Waals surface area contributed by atoms with E-state index in [0.29, 0.717) is 46.1 Å². The fraction of sp³-hybridized carbons (Fsp3) is 0.533. The Bertz CT molecular complexity index is 367. The zero-order valence-electron chi connectivity index (χ0n) is 11.9. The van der Waals surface area contributed by atoms with Crippen molar-refractivity contribution < 1.29 is 23.7 Å². The molecule has 112 valence electrons. The SMILES string of the molecule is COCCOCCOCCOc1cccc(CC=O)c1. The molecule has 5 heteroatoms. The molecule has 20 heavy (non-hydrogen) atoms. The minimum atomic E-state index is 0.409. The lowest BCUT2D eigenvalue weighted by Gasteiger charge is -2.08. The summed E-state index contributed by atoms with van der Waals surface area (Å²) in [6.45, 7) is 3.25. The third kappa shape index (κ3) is 7.89. The quantitative estimate of drug-likeness (QED) is 0.429. The standard InChI is InChI=1S/C15H22O5/c1-17-7-8-18-9-10-19-11-12-20-15-4-2-3-14(13-15)5-6-16/h2-4,6,13H,5,7-12H2,1H3. The van der Waals surface area contributed by atoms with Gasteiger partial charge in [-0.1, -0.05) is 12.1 Å². The molecule has 0 aliphatic rings. The summed E-state index contributed by atoms with van der Waals surface area (Å²) in [5.74, 6) is 0.754. The van der Waals surface area contributed by atoms with Gasteiger partial charge in [0.1, 0.15) is 18.6 Å². The molecule has 5 nitrogen and oxygen atoms in total. The molecular formula is C15H22O5. The topological polar surface area (TPSA) is 54.0 Å². The molecule has 1 aromatic rings. The van der Waals surface area contributed by atoms with Crippen LogP contribution >= 0.6 is 0 Å². The third-order valence-corrected chi connectivity index (χ3v) is 2.52. The van der Waals surface area contributed by atoms with E-state index in [1.807, 2.05) is 24.3 Å². The Hall–Kier alpha value is -1.43. The minimum absolute atomic E-state index is 0.409. The molecule has 0 saturated carbocycles. The molecule has 0 saturated heterocycles. The van der Waals surface area contributed by atoms with Crippen LogP contribution in [0.25, 0.3) is 0 Å². The zero-order chi connectivity index (χ0) is 14.5. The molecular weight excluding hydrogens is 260 g/mol. The molecule has 0 amide bonds. The first-order chi connectivity index (χ1) is 9.86. The highest BCUT2D eigenvalue weighted by atomic mass is 16.6. The zero-order valence-corrected chi connectivity index (χ0v) is 11.9. The summed E-state index contributed by atoms with van der Waals surface area (Å²) in [6, 6.07) is 7.50. The van der Waals surface area contributed by atoms with Crippen LogP contribution in [0.1, 0.15) is 5.56 Å². The molecule has 0 fully saturated rings. The first-order valence-electron chi connectivity index (χ1n) is 6.66. The number of methoxy groups -OCH3 is 1. The highest BCUT2D eigenvalue weighted by Gasteiger charge is 1.97. The summed E-state index contributed by atoms with van der Waals surface area (Å²) in [7, 11) is 1.64. The minimum Gasteiger partial charge on any atom is -0.491 e. The third-order valence-electron chi connectivity index (χ3n) is 2.52. The van der Waals surface area contributed by atoms with Crippen LogP contribution in [0.2, 0.25) is 0 Å². The highest BCUT2D eigenvalue weighted by molar-refractivity contribution is 5.55. The predicted molar refractivity (Wildman–Crippen MR) is 75.2 cm³/mol. The van der Waals surface area contributed by atoms with Crippen molar-refractivity contribution in [2.75, 3.05) is 46.8 Å². The van der Waals surface area contributed by atoms with Crippen LogP contribution in [-0.2, 0) is 25.4 Å². The smallest absolute Gasteiger partial charge is 0.124 e. The van der Waals surface area contributed by atoms with Gasteiger partial charge in [0.2, 0.25) is 0 Å².